The fourth-order valence-electron chi connectivity index (χ4n) is 4.27. The summed E-state index contributed by atoms with van der Waals surface area (Å²) in [5.41, 5.74) is 5.82. The second kappa shape index (κ2) is 9.37. The van der Waals surface area contributed by atoms with Gasteiger partial charge in [0.15, 0.2) is 0 Å². The average Bonchev–Trinajstić information content (AvgIpc) is 3.53. The topological polar surface area (TPSA) is 107 Å². The SMILES string of the molecule is C[C@@H](Oc1cc(-c2cnn(C(C)(C)CO)c2)cc2ncnc(Nc3ccc4ncsc4c3)c12)C1COC1. The number of hydrogen-bond acceptors (Lipinski definition) is 9. The molecule has 0 amide bonds. The van der Waals surface area contributed by atoms with Crippen LogP contribution in [0.4, 0.5) is 11.5 Å². The summed E-state index contributed by atoms with van der Waals surface area (Å²) in [6, 6.07) is 10.1. The van der Waals surface area contributed by atoms with Gasteiger partial charge in [-0.2, -0.15) is 5.10 Å². The number of hydrogen-bond donors (Lipinski definition) is 2. The highest BCUT2D eigenvalue weighted by Gasteiger charge is 2.28. The number of fused-ring (bicyclic) bond motifs is 2. The second-order valence-corrected chi connectivity index (χ2v) is 10.9. The van der Waals surface area contributed by atoms with Gasteiger partial charge >= 0.3 is 0 Å². The van der Waals surface area contributed by atoms with Gasteiger partial charge in [0, 0.05) is 23.4 Å². The van der Waals surface area contributed by atoms with Crippen molar-refractivity contribution < 1.29 is 14.6 Å². The van der Waals surface area contributed by atoms with Crippen LogP contribution >= 0.6 is 11.3 Å². The van der Waals surface area contributed by atoms with E-state index in [1.165, 1.54) is 0 Å². The second-order valence-electron chi connectivity index (χ2n) is 10.0. The van der Waals surface area contributed by atoms with Crippen LogP contribution in [0, 0.1) is 5.92 Å². The number of anilines is 2. The molecular weight excluding hydrogens is 488 g/mol. The Bertz CT molecular complexity index is 1580. The minimum absolute atomic E-state index is 0.0171. The van der Waals surface area contributed by atoms with Crippen molar-refractivity contribution in [3.8, 4) is 16.9 Å². The third-order valence-corrected chi connectivity index (χ3v) is 7.65. The number of rotatable bonds is 8. The first-order chi connectivity index (χ1) is 17.9. The molecule has 5 aromatic rings. The molecule has 0 bridgehead atoms. The Kier molecular flexibility index (Phi) is 6.02. The molecule has 37 heavy (non-hydrogen) atoms. The lowest BCUT2D eigenvalue weighted by Gasteiger charge is -2.32. The van der Waals surface area contributed by atoms with Crippen molar-refractivity contribution in [1.82, 2.24) is 24.7 Å². The monoisotopic (exact) mass is 516 g/mol. The molecule has 1 atom stereocenters. The van der Waals surface area contributed by atoms with Gasteiger partial charge in [-0.25, -0.2) is 15.0 Å². The van der Waals surface area contributed by atoms with Crippen LogP contribution in [0.5, 0.6) is 5.75 Å². The van der Waals surface area contributed by atoms with Crippen LogP contribution in [0.1, 0.15) is 20.8 Å². The van der Waals surface area contributed by atoms with E-state index in [2.05, 4.69) is 38.4 Å². The molecule has 0 saturated carbocycles. The van der Waals surface area contributed by atoms with E-state index in [-0.39, 0.29) is 12.7 Å². The highest BCUT2D eigenvalue weighted by atomic mass is 32.1. The maximum atomic E-state index is 9.77. The molecule has 1 aliphatic heterocycles. The zero-order valence-electron chi connectivity index (χ0n) is 20.9. The van der Waals surface area contributed by atoms with Gasteiger partial charge in [-0.3, -0.25) is 4.68 Å². The fraction of sp³-hybridized carbons (Fsp3) is 0.333. The normalized spacial score (nSPS) is 15.1. The number of thiazole rings is 1. The van der Waals surface area contributed by atoms with Gasteiger partial charge < -0.3 is 19.9 Å². The maximum Gasteiger partial charge on any atom is 0.145 e. The first-order valence-electron chi connectivity index (χ1n) is 12.2. The Morgan fingerprint density at radius 1 is 1.16 bits per heavy atom. The predicted molar refractivity (Wildman–Crippen MR) is 144 cm³/mol. The Hall–Kier alpha value is -3.60. The molecule has 6 rings (SSSR count). The number of aliphatic hydroxyl groups excluding tert-OH is 1. The summed E-state index contributed by atoms with van der Waals surface area (Å²) in [7, 11) is 0. The van der Waals surface area contributed by atoms with Crippen molar-refractivity contribution in [1.29, 1.82) is 0 Å². The summed E-state index contributed by atoms with van der Waals surface area (Å²) in [6.45, 7) is 7.32. The predicted octanol–water partition coefficient (Wildman–Crippen LogP) is 4.99. The molecule has 10 heteroatoms. The van der Waals surface area contributed by atoms with Crippen LogP contribution in [0.25, 0.3) is 32.2 Å². The van der Waals surface area contributed by atoms with E-state index in [4.69, 9.17) is 9.47 Å². The molecule has 4 heterocycles. The van der Waals surface area contributed by atoms with Crippen LogP contribution in [0.2, 0.25) is 0 Å². The first-order valence-corrected chi connectivity index (χ1v) is 13.1. The number of aliphatic hydroxyl groups is 1. The lowest BCUT2D eigenvalue weighted by molar-refractivity contribution is -0.0773. The van der Waals surface area contributed by atoms with E-state index < -0.39 is 5.54 Å². The molecule has 0 spiro atoms. The highest BCUT2D eigenvalue weighted by Crippen LogP contribution is 2.38. The summed E-state index contributed by atoms with van der Waals surface area (Å²) < 4.78 is 14.8. The average molecular weight is 517 g/mol. The molecule has 9 nitrogen and oxygen atoms in total. The van der Waals surface area contributed by atoms with Gasteiger partial charge in [-0.1, -0.05) is 0 Å². The highest BCUT2D eigenvalue weighted by molar-refractivity contribution is 7.16. The molecule has 3 aromatic heterocycles. The Morgan fingerprint density at radius 3 is 2.81 bits per heavy atom. The maximum absolute atomic E-state index is 9.77. The molecule has 1 aliphatic rings. The van der Waals surface area contributed by atoms with Crippen molar-refractivity contribution in [2.75, 3.05) is 25.1 Å². The van der Waals surface area contributed by atoms with Crippen LogP contribution in [-0.4, -0.2) is 55.8 Å². The summed E-state index contributed by atoms with van der Waals surface area (Å²) >= 11 is 1.60. The molecule has 1 fully saturated rings. The van der Waals surface area contributed by atoms with E-state index in [9.17, 15) is 5.11 Å². The van der Waals surface area contributed by atoms with E-state index in [1.54, 1.807) is 28.5 Å². The van der Waals surface area contributed by atoms with Gasteiger partial charge in [0.2, 0.25) is 0 Å². The summed E-state index contributed by atoms with van der Waals surface area (Å²) in [5.74, 6) is 1.70. The Labute approximate surface area is 218 Å². The summed E-state index contributed by atoms with van der Waals surface area (Å²) in [5, 5.41) is 18.6. The van der Waals surface area contributed by atoms with Crippen molar-refractivity contribution in [2.45, 2.75) is 32.4 Å². The third-order valence-electron chi connectivity index (χ3n) is 6.86. The number of nitrogens with zero attached hydrogens (tertiary/aromatic N) is 5. The zero-order chi connectivity index (χ0) is 25.6. The lowest BCUT2D eigenvalue weighted by atomic mass is 10.0. The van der Waals surface area contributed by atoms with Crippen LogP contribution in [0.3, 0.4) is 0 Å². The van der Waals surface area contributed by atoms with Crippen molar-refractivity contribution >= 4 is 44.0 Å². The van der Waals surface area contributed by atoms with Crippen LogP contribution in [-0.2, 0) is 10.3 Å². The van der Waals surface area contributed by atoms with Crippen LogP contribution in [0.15, 0.2) is 54.6 Å². The quantitative estimate of drug-likeness (QED) is 0.297. The largest absolute Gasteiger partial charge is 0.489 e. The lowest BCUT2D eigenvalue weighted by Crippen LogP contribution is -2.39. The van der Waals surface area contributed by atoms with E-state index in [0.29, 0.717) is 30.7 Å². The van der Waals surface area contributed by atoms with Gasteiger partial charge in [-0.15, -0.1) is 11.3 Å². The molecule has 2 N–H and O–H groups in total. The summed E-state index contributed by atoms with van der Waals surface area (Å²) in [6.07, 6.45) is 5.26. The smallest absolute Gasteiger partial charge is 0.145 e. The van der Waals surface area contributed by atoms with Crippen molar-refractivity contribution in [2.24, 2.45) is 5.92 Å². The number of nitrogens with one attached hydrogen (secondary N) is 1. The first kappa shape index (κ1) is 23.8. The van der Waals surface area contributed by atoms with E-state index >= 15 is 0 Å². The number of benzene rings is 2. The molecule has 0 unspecified atom stereocenters. The van der Waals surface area contributed by atoms with Crippen LogP contribution < -0.4 is 10.1 Å². The molecule has 2 aromatic carbocycles. The van der Waals surface area contributed by atoms with Gasteiger partial charge in [-0.05, 0) is 56.7 Å². The molecule has 1 saturated heterocycles. The van der Waals surface area contributed by atoms with Gasteiger partial charge in [0.05, 0.1) is 58.2 Å². The third kappa shape index (κ3) is 4.52. The zero-order valence-corrected chi connectivity index (χ0v) is 21.7. The minimum Gasteiger partial charge on any atom is -0.489 e. The van der Waals surface area contributed by atoms with Gasteiger partial charge in [0.1, 0.15) is 24.0 Å². The minimum atomic E-state index is -0.508. The Morgan fingerprint density at radius 2 is 2.03 bits per heavy atom. The molecule has 190 valence electrons. The van der Waals surface area contributed by atoms with Crippen molar-refractivity contribution in [3.05, 3.63) is 54.6 Å². The standard InChI is InChI=1S/C27H28N6O3S/c1-16(19-11-35-12-19)36-23-7-17(18-9-31-33(10-18)27(2,3)13-34)6-22-25(23)26(29-14-28-22)32-20-4-5-21-24(8-20)37-15-30-21/h4-10,14-16,19,34H,11-13H2,1-3H3,(H,28,29,32)/t16-/m1/s1. The molecular formula is C27H28N6O3S. The Balaban J connectivity index is 1.44. The van der Waals surface area contributed by atoms with E-state index in [1.807, 2.05) is 49.8 Å². The van der Waals surface area contributed by atoms with Gasteiger partial charge in [0.25, 0.3) is 0 Å². The number of aromatic nitrogens is 5. The molecule has 0 aliphatic carbocycles. The fourth-order valence-corrected chi connectivity index (χ4v) is 4.99. The van der Waals surface area contributed by atoms with Crippen molar-refractivity contribution in [3.63, 3.8) is 0 Å². The summed E-state index contributed by atoms with van der Waals surface area (Å²) in [4.78, 5) is 13.6. The van der Waals surface area contributed by atoms with E-state index in [0.717, 1.165) is 37.9 Å². The number of ether oxygens (including phenoxy) is 2. The molecule has 0 radical (unpaired) electrons.